The molecule has 3 nitrogen and oxygen atoms in total. The van der Waals surface area contributed by atoms with E-state index in [4.69, 9.17) is 5.11 Å². The molecule has 0 aliphatic heterocycles. The van der Waals surface area contributed by atoms with Gasteiger partial charge in [-0.05, 0) is 6.26 Å². The van der Waals surface area contributed by atoms with Crippen LogP contribution in [0.15, 0.2) is 0 Å². The third-order valence-corrected chi connectivity index (χ3v) is 3.25. The average molecular weight is 196 g/mol. The number of hydrogen-bond donors (Lipinski definition) is 1. The molecule has 66 valence electrons. The van der Waals surface area contributed by atoms with Crippen molar-refractivity contribution >= 4 is 28.5 Å². The van der Waals surface area contributed by atoms with Crippen LogP contribution < -0.4 is 0 Å². The minimum Gasteiger partial charge on any atom is -0.481 e. The summed E-state index contributed by atoms with van der Waals surface area (Å²) >= 11 is 1.62. The normalized spacial score (nSPS) is 12.8. The fraction of sp³-hybridized carbons (Fsp3) is 0.833. The van der Waals surface area contributed by atoms with E-state index in [1.54, 1.807) is 11.8 Å². The molecule has 5 heteroatoms. The van der Waals surface area contributed by atoms with Crippen LogP contribution in [0.5, 0.6) is 0 Å². The van der Waals surface area contributed by atoms with Gasteiger partial charge in [0.05, 0.1) is 6.42 Å². The first kappa shape index (κ1) is 11.0. The Kier molecular flexibility index (Phi) is 6.65. The lowest BCUT2D eigenvalue weighted by molar-refractivity contribution is -0.136. The Morgan fingerprint density at radius 1 is 1.55 bits per heavy atom. The molecule has 0 saturated carbocycles. The van der Waals surface area contributed by atoms with Gasteiger partial charge in [0.15, 0.2) is 0 Å². The molecule has 1 unspecified atom stereocenters. The minimum atomic E-state index is -0.942. The van der Waals surface area contributed by atoms with E-state index in [9.17, 15) is 9.00 Å². The summed E-state index contributed by atoms with van der Waals surface area (Å²) in [6, 6.07) is 0. The van der Waals surface area contributed by atoms with Crippen molar-refractivity contribution in [1.82, 2.24) is 0 Å². The fourth-order valence-electron chi connectivity index (χ4n) is 0.479. The van der Waals surface area contributed by atoms with Gasteiger partial charge in [0.25, 0.3) is 0 Å². The summed E-state index contributed by atoms with van der Waals surface area (Å²) in [5.74, 6) is 0.860. The highest BCUT2D eigenvalue weighted by molar-refractivity contribution is 7.99. The lowest BCUT2D eigenvalue weighted by Crippen LogP contribution is -2.08. The first-order valence-corrected chi connectivity index (χ1v) is 6.10. The molecule has 0 aromatic heterocycles. The molecule has 0 radical (unpaired) electrons. The van der Waals surface area contributed by atoms with Crippen LogP contribution in [0.25, 0.3) is 0 Å². The summed E-state index contributed by atoms with van der Waals surface area (Å²) in [4.78, 5) is 10.0. The Balaban J connectivity index is 3.30. The molecule has 11 heavy (non-hydrogen) atoms. The Bertz CT molecular complexity index is 147. The highest BCUT2D eigenvalue weighted by atomic mass is 32.2. The maximum Gasteiger partial charge on any atom is 0.304 e. The van der Waals surface area contributed by atoms with E-state index in [0.29, 0.717) is 5.75 Å². The summed E-state index contributed by atoms with van der Waals surface area (Å²) in [5.41, 5.74) is 0. The number of carboxylic acids is 1. The van der Waals surface area contributed by atoms with Gasteiger partial charge in [0.1, 0.15) is 0 Å². The van der Waals surface area contributed by atoms with E-state index >= 15 is 0 Å². The van der Waals surface area contributed by atoms with Gasteiger partial charge in [-0.3, -0.25) is 9.00 Å². The number of thioether (sulfide) groups is 1. The Morgan fingerprint density at radius 2 is 2.18 bits per heavy atom. The van der Waals surface area contributed by atoms with Crippen LogP contribution in [-0.4, -0.2) is 38.8 Å². The Hall–Kier alpha value is -0.0300. The van der Waals surface area contributed by atoms with Gasteiger partial charge in [-0.25, -0.2) is 0 Å². The Labute approximate surface area is 73.0 Å². The zero-order valence-corrected chi connectivity index (χ0v) is 8.04. The van der Waals surface area contributed by atoms with E-state index in [1.165, 1.54) is 0 Å². The lowest BCUT2D eigenvalue weighted by atomic mass is 10.5. The summed E-state index contributed by atoms with van der Waals surface area (Å²) in [6.07, 6.45) is 1.95. The highest BCUT2D eigenvalue weighted by Gasteiger charge is 2.02. The topological polar surface area (TPSA) is 54.4 Å². The standard InChI is InChI=1S/C6H12O3S2/c1-10-3-5-11(9)4-2-6(7)8/h2-5H2,1H3,(H,7,8). The molecule has 0 aromatic carbocycles. The van der Waals surface area contributed by atoms with Crippen LogP contribution in [-0.2, 0) is 15.6 Å². The summed E-state index contributed by atoms with van der Waals surface area (Å²) < 4.78 is 10.9. The van der Waals surface area contributed by atoms with Crippen LogP contribution in [0.1, 0.15) is 6.42 Å². The molecule has 0 fully saturated rings. The summed E-state index contributed by atoms with van der Waals surface area (Å²) in [6.45, 7) is 0. The van der Waals surface area contributed by atoms with Gasteiger partial charge in [-0.1, -0.05) is 0 Å². The summed E-state index contributed by atoms with van der Waals surface area (Å²) in [5, 5.41) is 8.25. The van der Waals surface area contributed by atoms with Crippen molar-refractivity contribution in [3.05, 3.63) is 0 Å². The van der Waals surface area contributed by atoms with Gasteiger partial charge in [-0.15, -0.1) is 0 Å². The predicted octanol–water partition coefficient (Wildman–Crippen LogP) is 0.573. The van der Waals surface area contributed by atoms with E-state index in [-0.39, 0.29) is 12.2 Å². The minimum absolute atomic E-state index is 0.0149. The van der Waals surface area contributed by atoms with Crippen molar-refractivity contribution in [2.45, 2.75) is 6.42 Å². The lowest BCUT2D eigenvalue weighted by Gasteiger charge is -1.96. The van der Waals surface area contributed by atoms with Crippen molar-refractivity contribution in [3.63, 3.8) is 0 Å². The van der Waals surface area contributed by atoms with Crippen LogP contribution in [0, 0.1) is 0 Å². The Morgan fingerprint density at radius 3 is 2.64 bits per heavy atom. The van der Waals surface area contributed by atoms with E-state index in [0.717, 1.165) is 5.75 Å². The van der Waals surface area contributed by atoms with Crippen molar-refractivity contribution in [2.75, 3.05) is 23.5 Å². The van der Waals surface area contributed by atoms with E-state index < -0.39 is 16.8 Å². The van der Waals surface area contributed by atoms with Gasteiger partial charge >= 0.3 is 5.97 Å². The molecule has 0 aromatic rings. The third kappa shape index (κ3) is 7.87. The highest BCUT2D eigenvalue weighted by Crippen LogP contribution is 1.95. The van der Waals surface area contributed by atoms with Crippen LogP contribution in [0.4, 0.5) is 0 Å². The predicted molar refractivity (Wildman–Crippen MR) is 48.5 cm³/mol. The number of carbonyl (C=O) groups is 1. The number of aliphatic carboxylic acids is 1. The van der Waals surface area contributed by atoms with Crippen LogP contribution in [0.3, 0.4) is 0 Å². The maximum absolute atomic E-state index is 10.9. The largest absolute Gasteiger partial charge is 0.481 e. The fourth-order valence-corrected chi connectivity index (χ4v) is 2.50. The molecule has 0 bridgehead atoms. The SMILES string of the molecule is CSCCS(=O)CCC(=O)O. The zero-order valence-electron chi connectivity index (χ0n) is 6.41. The van der Waals surface area contributed by atoms with Gasteiger partial charge in [0.2, 0.25) is 0 Å². The molecule has 0 spiro atoms. The van der Waals surface area contributed by atoms with Crippen molar-refractivity contribution in [1.29, 1.82) is 0 Å². The molecule has 0 aliphatic rings. The van der Waals surface area contributed by atoms with Crippen molar-refractivity contribution in [2.24, 2.45) is 0 Å². The van der Waals surface area contributed by atoms with Gasteiger partial charge in [-0.2, -0.15) is 11.8 Å². The van der Waals surface area contributed by atoms with Crippen molar-refractivity contribution < 1.29 is 14.1 Å². The molecule has 0 amide bonds. The zero-order chi connectivity index (χ0) is 8.69. The number of hydrogen-bond acceptors (Lipinski definition) is 3. The maximum atomic E-state index is 10.9. The molecular weight excluding hydrogens is 184 g/mol. The second-order valence-electron chi connectivity index (χ2n) is 1.98. The molecule has 1 N–H and O–H groups in total. The van der Waals surface area contributed by atoms with E-state index in [1.807, 2.05) is 6.26 Å². The molecular formula is C6H12O3S2. The van der Waals surface area contributed by atoms with Crippen LogP contribution in [0.2, 0.25) is 0 Å². The van der Waals surface area contributed by atoms with Crippen molar-refractivity contribution in [3.8, 4) is 0 Å². The third-order valence-electron chi connectivity index (χ3n) is 1.06. The monoisotopic (exact) mass is 196 g/mol. The molecule has 0 rings (SSSR count). The second kappa shape index (κ2) is 6.67. The van der Waals surface area contributed by atoms with Crippen LogP contribution >= 0.6 is 11.8 Å². The first-order chi connectivity index (χ1) is 5.16. The quantitative estimate of drug-likeness (QED) is 0.675. The number of carboxylic acid groups (broad SMARTS) is 1. The molecule has 0 aliphatic carbocycles. The second-order valence-corrected chi connectivity index (χ2v) is 4.67. The van der Waals surface area contributed by atoms with Gasteiger partial charge in [0, 0.05) is 28.1 Å². The smallest absolute Gasteiger partial charge is 0.304 e. The van der Waals surface area contributed by atoms with E-state index in [2.05, 4.69) is 0 Å². The summed E-state index contributed by atoms with van der Waals surface area (Å²) in [7, 11) is -0.942. The molecule has 0 heterocycles. The molecule has 0 saturated heterocycles. The first-order valence-electron chi connectivity index (χ1n) is 3.22. The van der Waals surface area contributed by atoms with Gasteiger partial charge < -0.3 is 5.11 Å². The average Bonchev–Trinajstić information content (AvgIpc) is 1.97. The number of rotatable bonds is 6. The molecule has 1 atom stereocenters.